The summed E-state index contributed by atoms with van der Waals surface area (Å²) in [4.78, 5) is 11.3. The van der Waals surface area contributed by atoms with Crippen LogP contribution in [0.2, 0.25) is 0 Å². The Labute approximate surface area is 130 Å². The summed E-state index contributed by atoms with van der Waals surface area (Å²) in [7, 11) is -4.66. The van der Waals surface area contributed by atoms with Gasteiger partial charge in [-0.2, -0.15) is 8.78 Å². The van der Waals surface area contributed by atoms with Gasteiger partial charge in [0.1, 0.15) is 5.82 Å². The predicted octanol–water partition coefficient (Wildman–Crippen LogP) is 3.00. The van der Waals surface area contributed by atoms with Gasteiger partial charge >= 0.3 is 5.76 Å². The fourth-order valence-corrected chi connectivity index (χ4v) is 2.54. The monoisotopic (exact) mass is 343 g/mol. The Morgan fingerprint density at radius 2 is 1.57 bits per heavy atom. The van der Waals surface area contributed by atoms with Crippen LogP contribution in [0.1, 0.15) is 5.56 Å². The number of anilines is 1. The van der Waals surface area contributed by atoms with Gasteiger partial charge in [0.15, 0.2) is 0 Å². The van der Waals surface area contributed by atoms with E-state index >= 15 is 0 Å². The summed E-state index contributed by atoms with van der Waals surface area (Å²) in [6.07, 6.45) is -0.00261. The molecular formula is C15H12F3NO3S. The molecule has 0 saturated carbocycles. The van der Waals surface area contributed by atoms with E-state index in [-0.39, 0.29) is 12.1 Å². The van der Waals surface area contributed by atoms with Crippen molar-refractivity contribution in [2.24, 2.45) is 0 Å². The largest absolute Gasteiger partial charge is 0.341 e. The Morgan fingerprint density at radius 3 is 2.09 bits per heavy atom. The van der Waals surface area contributed by atoms with Gasteiger partial charge in [0.05, 0.1) is 11.3 Å². The number of rotatable bonds is 5. The van der Waals surface area contributed by atoms with Crippen LogP contribution in [0.15, 0.2) is 53.4 Å². The van der Waals surface area contributed by atoms with Crippen LogP contribution in [0.25, 0.3) is 0 Å². The van der Waals surface area contributed by atoms with Crippen molar-refractivity contribution in [2.75, 3.05) is 5.32 Å². The Balaban J connectivity index is 2.03. The minimum absolute atomic E-state index is 0.00261. The molecule has 0 radical (unpaired) electrons. The summed E-state index contributed by atoms with van der Waals surface area (Å²) in [5.74, 6) is -4.31. The van der Waals surface area contributed by atoms with Gasteiger partial charge in [-0.15, -0.1) is 0 Å². The van der Waals surface area contributed by atoms with Crippen molar-refractivity contribution >= 4 is 21.4 Å². The van der Waals surface area contributed by atoms with Crippen molar-refractivity contribution in [3.05, 3.63) is 59.9 Å². The van der Waals surface area contributed by atoms with Gasteiger partial charge < -0.3 is 5.32 Å². The Bertz CT molecular complexity index is 788. The molecular weight excluding hydrogens is 331 g/mol. The zero-order valence-corrected chi connectivity index (χ0v) is 12.5. The van der Waals surface area contributed by atoms with Gasteiger partial charge in [-0.05, 0) is 42.0 Å². The molecule has 23 heavy (non-hydrogen) atoms. The smallest absolute Gasteiger partial charge is 0.326 e. The highest BCUT2D eigenvalue weighted by molar-refractivity contribution is 7.91. The number of nitrogens with one attached hydrogen (secondary N) is 1. The fraction of sp³-hybridized carbons (Fsp3) is 0.133. The molecule has 2 rings (SSSR count). The highest BCUT2D eigenvalue weighted by Crippen LogP contribution is 2.20. The maximum absolute atomic E-state index is 12.8. The molecule has 4 nitrogen and oxygen atoms in total. The summed E-state index contributed by atoms with van der Waals surface area (Å²) in [5, 5.41) is 2.50. The standard InChI is InChI=1S/C15H12F3NO3S/c16-11-3-1-10(2-4-11)9-14(20)19-12-5-7-13(8-6-12)23(21,22)15(17)18/h1-8,15H,9H2,(H,19,20). The first-order valence-corrected chi connectivity index (χ1v) is 8.00. The molecule has 2 aromatic rings. The van der Waals surface area contributed by atoms with Gasteiger partial charge in [-0.3, -0.25) is 4.79 Å². The van der Waals surface area contributed by atoms with E-state index in [2.05, 4.69) is 5.32 Å². The Hall–Kier alpha value is -2.35. The molecule has 0 unspecified atom stereocenters. The van der Waals surface area contributed by atoms with Gasteiger partial charge in [0.2, 0.25) is 15.7 Å². The second-order valence-corrected chi connectivity index (χ2v) is 6.60. The molecule has 1 amide bonds. The average molecular weight is 343 g/mol. The van der Waals surface area contributed by atoms with E-state index in [1.165, 1.54) is 36.4 Å². The van der Waals surface area contributed by atoms with Crippen LogP contribution in [0.5, 0.6) is 0 Å². The number of halogens is 3. The third-order valence-corrected chi connectivity index (χ3v) is 4.38. The van der Waals surface area contributed by atoms with E-state index in [0.29, 0.717) is 5.56 Å². The minimum atomic E-state index is -4.66. The van der Waals surface area contributed by atoms with Crippen LogP contribution in [0.4, 0.5) is 18.9 Å². The molecule has 0 saturated heterocycles. The van der Waals surface area contributed by atoms with E-state index in [1.54, 1.807) is 0 Å². The molecule has 0 heterocycles. The molecule has 0 bridgehead atoms. The van der Waals surface area contributed by atoms with Crippen molar-refractivity contribution in [1.82, 2.24) is 0 Å². The van der Waals surface area contributed by atoms with Crippen molar-refractivity contribution in [3.8, 4) is 0 Å². The van der Waals surface area contributed by atoms with Gasteiger partial charge in [-0.25, -0.2) is 12.8 Å². The molecule has 122 valence electrons. The lowest BCUT2D eigenvalue weighted by atomic mass is 10.1. The highest BCUT2D eigenvalue weighted by Gasteiger charge is 2.26. The number of hydrogen-bond acceptors (Lipinski definition) is 3. The molecule has 0 spiro atoms. The predicted molar refractivity (Wildman–Crippen MR) is 78.4 cm³/mol. The Morgan fingerprint density at radius 1 is 1.00 bits per heavy atom. The van der Waals surface area contributed by atoms with E-state index in [1.807, 2.05) is 0 Å². The average Bonchev–Trinajstić information content (AvgIpc) is 2.50. The maximum Gasteiger partial charge on any atom is 0.341 e. The molecule has 0 aliphatic carbocycles. The highest BCUT2D eigenvalue weighted by atomic mass is 32.2. The SMILES string of the molecule is O=C(Cc1ccc(F)cc1)Nc1ccc(S(=O)(=O)C(F)F)cc1. The van der Waals surface area contributed by atoms with Crippen LogP contribution in [-0.2, 0) is 21.1 Å². The summed E-state index contributed by atoms with van der Waals surface area (Å²) in [5.41, 5.74) is 0.867. The summed E-state index contributed by atoms with van der Waals surface area (Å²) >= 11 is 0. The van der Waals surface area contributed by atoms with Gasteiger partial charge in [0.25, 0.3) is 0 Å². The van der Waals surface area contributed by atoms with E-state index in [4.69, 9.17) is 0 Å². The number of alkyl halides is 2. The first-order valence-electron chi connectivity index (χ1n) is 6.45. The number of hydrogen-bond donors (Lipinski definition) is 1. The van der Waals surface area contributed by atoms with Gasteiger partial charge in [-0.1, -0.05) is 12.1 Å². The number of sulfone groups is 1. The Kier molecular flexibility index (Phi) is 5.05. The zero-order valence-electron chi connectivity index (χ0n) is 11.7. The van der Waals surface area contributed by atoms with Crippen LogP contribution in [0, 0.1) is 5.82 Å². The zero-order chi connectivity index (χ0) is 17.0. The lowest BCUT2D eigenvalue weighted by molar-refractivity contribution is -0.115. The third-order valence-electron chi connectivity index (χ3n) is 2.98. The normalized spacial score (nSPS) is 11.5. The summed E-state index contributed by atoms with van der Waals surface area (Å²) < 4.78 is 60.1. The van der Waals surface area contributed by atoms with Crippen molar-refractivity contribution in [2.45, 2.75) is 17.1 Å². The third kappa shape index (κ3) is 4.32. The van der Waals surface area contributed by atoms with E-state index in [9.17, 15) is 26.4 Å². The molecule has 0 fully saturated rings. The van der Waals surface area contributed by atoms with Crippen molar-refractivity contribution in [3.63, 3.8) is 0 Å². The van der Waals surface area contributed by atoms with Crippen LogP contribution >= 0.6 is 0 Å². The van der Waals surface area contributed by atoms with Crippen molar-refractivity contribution < 1.29 is 26.4 Å². The number of benzene rings is 2. The van der Waals surface area contributed by atoms with Crippen LogP contribution in [-0.4, -0.2) is 20.1 Å². The molecule has 0 atom stereocenters. The van der Waals surface area contributed by atoms with Crippen molar-refractivity contribution in [1.29, 1.82) is 0 Å². The topological polar surface area (TPSA) is 63.2 Å². The molecule has 0 aliphatic rings. The number of carbonyl (C=O) groups excluding carboxylic acids is 1. The number of amides is 1. The number of carbonyl (C=O) groups is 1. The van der Waals surface area contributed by atoms with Crippen LogP contribution < -0.4 is 5.32 Å². The molecule has 1 N–H and O–H groups in total. The van der Waals surface area contributed by atoms with Crippen LogP contribution in [0.3, 0.4) is 0 Å². The summed E-state index contributed by atoms with van der Waals surface area (Å²) in [6, 6.07) is 9.82. The van der Waals surface area contributed by atoms with E-state index < -0.39 is 32.2 Å². The first kappa shape index (κ1) is 17.0. The lowest BCUT2D eigenvalue weighted by Crippen LogP contribution is -2.15. The molecule has 8 heteroatoms. The van der Waals surface area contributed by atoms with Gasteiger partial charge in [0, 0.05) is 5.69 Å². The quantitative estimate of drug-likeness (QED) is 0.908. The second-order valence-electron chi connectivity index (χ2n) is 4.68. The molecule has 0 aromatic heterocycles. The fourth-order valence-electron chi connectivity index (χ4n) is 1.82. The first-order chi connectivity index (χ1) is 10.8. The maximum atomic E-state index is 12.8. The lowest BCUT2D eigenvalue weighted by Gasteiger charge is -2.07. The summed E-state index contributed by atoms with van der Waals surface area (Å²) in [6.45, 7) is 0. The van der Waals surface area contributed by atoms with E-state index in [0.717, 1.165) is 12.1 Å². The molecule has 2 aromatic carbocycles. The molecule has 0 aliphatic heterocycles. The minimum Gasteiger partial charge on any atom is -0.326 e. The second kappa shape index (κ2) is 6.82.